The van der Waals surface area contributed by atoms with Crippen LogP contribution in [0.15, 0.2) is 5.38 Å². The van der Waals surface area contributed by atoms with Gasteiger partial charge in [-0.2, -0.15) is 0 Å². The van der Waals surface area contributed by atoms with Gasteiger partial charge in [-0.25, -0.2) is 0 Å². The Bertz CT molecular complexity index is 344. The van der Waals surface area contributed by atoms with Crippen LogP contribution in [-0.4, -0.2) is 26.9 Å². The fourth-order valence-corrected chi connectivity index (χ4v) is 2.71. The molecule has 2 atom stereocenters. The quantitative estimate of drug-likeness (QED) is 0.654. The lowest BCUT2D eigenvalue weighted by Gasteiger charge is -2.20. The Morgan fingerprint density at radius 3 is 3.00 bits per heavy atom. The zero-order valence-corrected chi connectivity index (χ0v) is 10.4. The first-order valence-electron chi connectivity index (χ1n) is 5.49. The highest BCUT2D eigenvalue weighted by molar-refractivity contribution is 7.03. The van der Waals surface area contributed by atoms with Gasteiger partial charge in [0.2, 0.25) is 0 Å². The van der Waals surface area contributed by atoms with Gasteiger partial charge in [-0.15, -0.1) is 16.7 Å². The van der Waals surface area contributed by atoms with Crippen LogP contribution in [0.3, 0.4) is 0 Å². The van der Waals surface area contributed by atoms with Crippen molar-refractivity contribution in [3.8, 4) is 0 Å². The highest BCUT2D eigenvalue weighted by atomic mass is 35.5. The van der Waals surface area contributed by atoms with Gasteiger partial charge in [-0.1, -0.05) is 23.8 Å². The van der Waals surface area contributed by atoms with E-state index in [9.17, 15) is 4.79 Å². The van der Waals surface area contributed by atoms with Crippen molar-refractivity contribution >= 4 is 29.0 Å². The molecule has 16 heavy (non-hydrogen) atoms. The largest absolute Gasteiger partial charge is 0.346 e. The van der Waals surface area contributed by atoms with Crippen molar-refractivity contribution in [2.24, 2.45) is 0 Å². The predicted octanol–water partition coefficient (Wildman–Crippen LogP) is 2.21. The molecular weight excluding hydrogens is 246 g/mol. The van der Waals surface area contributed by atoms with E-state index in [1.54, 1.807) is 5.38 Å². The summed E-state index contributed by atoms with van der Waals surface area (Å²) in [5.74, 6) is -0.161. The molecule has 1 heterocycles. The third-order valence-corrected chi connectivity index (χ3v) is 3.87. The zero-order chi connectivity index (χ0) is 11.4. The van der Waals surface area contributed by atoms with E-state index in [1.165, 1.54) is 18.0 Å². The molecule has 6 heteroatoms. The standard InChI is InChI=1S/C10H14ClN3OS/c11-7-4-2-1-3-5-8(7)12-10(15)9-6-16-14-13-9/h6-8H,1-5H2,(H,12,15). The fraction of sp³-hybridized carbons (Fsp3) is 0.700. The summed E-state index contributed by atoms with van der Waals surface area (Å²) in [6.45, 7) is 0. The fourth-order valence-electron chi connectivity index (χ4n) is 1.93. The Morgan fingerprint density at radius 2 is 2.25 bits per heavy atom. The molecule has 2 rings (SSSR count). The van der Waals surface area contributed by atoms with Gasteiger partial charge in [-0.3, -0.25) is 4.79 Å². The molecule has 0 saturated heterocycles. The molecule has 0 aromatic carbocycles. The number of halogens is 1. The van der Waals surface area contributed by atoms with Crippen LogP contribution < -0.4 is 5.32 Å². The maximum atomic E-state index is 11.8. The number of nitrogens with one attached hydrogen (secondary N) is 1. The molecule has 1 aromatic heterocycles. The molecule has 1 aliphatic carbocycles. The molecule has 1 aliphatic rings. The number of carbonyl (C=O) groups is 1. The van der Waals surface area contributed by atoms with Crippen molar-refractivity contribution in [3.05, 3.63) is 11.1 Å². The van der Waals surface area contributed by atoms with Gasteiger partial charge in [0.1, 0.15) is 0 Å². The zero-order valence-electron chi connectivity index (χ0n) is 8.86. The molecule has 1 N–H and O–H groups in total. The summed E-state index contributed by atoms with van der Waals surface area (Å²) in [5.41, 5.74) is 0.387. The summed E-state index contributed by atoms with van der Waals surface area (Å²) >= 11 is 7.42. The van der Waals surface area contributed by atoms with Gasteiger partial charge in [0, 0.05) is 11.4 Å². The van der Waals surface area contributed by atoms with Gasteiger partial charge in [0.25, 0.3) is 5.91 Å². The summed E-state index contributed by atoms with van der Waals surface area (Å²) in [4.78, 5) is 11.8. The number of carbonyl (C=O) groups excluding carboxylic acids is 1. The molecule has 4 nitrogen and oxygen atoms in total. The smallest absolute Gasteiger partial charge is 0.273 e. The second-order valence-corrected chi connectivity index (χ2v) is 5.19. The number of nitrogens with zero attached hydrogens (tertiary/aromatic N) is 2. The lowest BCUT2D eigenvalue weighted by molar-refractivity contribution is 0.0929. The van der Waals surface area contributed by atoms with Gasteiger partial charge < -0.3 is 5.32 Å². The normalized spacial score (nSPS) is 26.1. The van der Waals surface area contributed by atoms with Crippen molar-refractivity contribution in [3.63, 3.8) is 0 Å². The van der Waals surface area contributed by atoms with Gasteiger partial charge in [0.05, 0.1) is 5.38 Å². The summed E-state index contributed by atoms with van der Waals surface area (Å²) < 4.78 is 3.67. The van der Waals surface area contributed by atoms with Crippen LogP contribution in [0.1, 0.15) is 42.6 Å². The van der Waals surface area contributed by atoms with Crippen molar-refractivity contribution in [1.29, 1.82) is 0 Å². The van der Waals surface area contributed by atoms with E-state index in [4.69, 9.17) is 11.6 Å². The average Bonchev–Trinajstić information content (AvgIpc) is 2.73. The number of alkyl halides is 1. The topological polar surface area (TPSA) is 54.9 Å². The minimum Gasteiger partial charge on any atom is -0.346 e. The monoisotopic (exact) mass is 259 g/mol. The molecule has 0 aliphatic heterocycles. The minimum atomic E-state index is -0.161. The number of aromatic nitrogens is 2. The molecule has 1 fully saturated rings. The third-order valence-electron chi connectivity index (χ3n) is 2.84. The van der Waals surface area contributed by atoms with E-state index in [0.29, 0.717) is 5.69 Å². The molecule has 2 unspecified atom stereocenters. The van der Waals surface area contributed by atoms with Gasteiger partial charge in [0.15, 0.2) is 5.69 Å². The molecule has 1 amide bonds. The van der Waals surface area contributed by atoms with Gasteiger partial charge >= 0.3 is 0 Å². The molecule has 1 aromatic rings. The van der Waals surface area contributed by atoms with Crippen LogP contribution in [0.5, 0.6) is 0 Å². The Labute approximate surface area is 104 Å². The summed E-state index contributed by atoms with van der Waals surface area (Å²) in [5, 5.41) is 8.38. The second-order valence-electron chi connectivity index (χ2n) is 4.02. The molecular formula is C10H14ClN3OS. The Kier molecular flexibility index (Phi) is 4.12. The first-order valence-corrected chi connectivity index (χ1v) is 6.76. The maximum Gasteiger partial charge on any atom is 0.273 e. The van der Waals surface area contributed by atoms with Crippen LogP contribution >= 0.6 is 23.1 Å². The third kappa shape index (κ3) is 2.92. The second kappa shape index (κ2) is 5.59. The molecule has 0 spiro atoms. The van der Waals surface area contributed by atoms with Crippen LogP contribution in [-0.2, 0) is 0 Å². The van der Waals surface area contributed by atoms with Gasteiger partial charge in [-0.05, 0) is 24.4 Å². The van der Waals surface area contributed by atoms with E-state index >= 15 is 0 Å². The Hall–Kier alpha value is -0.680. The van der Waals surface area contributed by atoms with E-state index in [-0.39, 0.29) is 17.3 Å². The first-order chi connectivity index (χ1) is 7.77. The number of hydrogen-bond donors (Lipinski definition) is 1. The van der Waals surface area contributed by atoms with E-state index in [2.05, 4.69) is 14.9 Å². The van der Waals surface area contributed by atoms with Crippen molar-refractivity contribution < 1.29 is 4.79 Å². The number of amides is 1. The summed E-state index contributed by atoms with van der Waals surface area (Å²) in [6.07, 6.45) is 5.41. The average molecular weight is 260 g/mol. The number of rotatable bonds is 2. The molecule has 1 saturated carbocycles. The Balaban J connectivity index is 1.95. The lowest BCUT2D eigenvalue weighted by atomic mass is 10.1. The Morgan fingerprint density at radius 1 is 1.44 bits per heavy atom. The maximum absolute atomic E-state index is 11.8. The van der Waals surface area contributed by atoms with Crippen molar-refractivity contribution in [2.75, 3.05) is 0 Å². The van der Waals surface area contributed by atoms with E-state index in [1.807, 2.05) is 0 Å². The van der Waals surface area contributed by atoms with Crippen LogP contribution in [0.4, 0.5) is 0 Å². The molecule has 0 radical (unpaired) electrons. The van der Waals surface area contributed by atoms with Crippen LogP contribution in [0, 0.1) is 0 Å². The SMILES string of the molecule is O=C(NC1CCCCCC1Cl)c1csnn1. The highest BCUT2D eigenvalue weighted by Gasteiger charge is 2.24. The van der Waals surface area contributed by atoms with E-state index < -0.39 is 0 Å². The lowest BCUT2D eigenvalue weighted by Crippen LogP contribution is -2.40. The van der Waals surface area contributed by atoms with Crippen LogP contribution in [0.25, 0.3) is 0 Å². The highest BCUT2D eigenvalue weighted by Crippen LogP contribution is 2.22. The van der Waals surface area contributed by atoms with Crippen LogP contribution in [0.2, 0.25) is 0 Å². The molecule has 88 valence electrons. The predicted molar refractivity (Wildman–Crippen MR) is 63.9 cm³/mol. The summed E-state index contributed by atoms with van der Waals surface area (Å²) in [6, 6.07) is 0.0679. The van der Waals surface area contributed by atoms with E-state index in [0.717, 1.165) is 25.7 Å². The molecule has 0 bridgehead atoms. The minimum absolute atomic E-state index is 0.0399. The van der Waals surface area contributed by atoms with Crippen molar-refractivity contribution in [2.45, 2.75) is 43.5 Å². The number of hydrogen-bond acceptors (Lipinski definition) is 4. The van der Waals surface area contributed by atoms with Crippen molar-refractivity contribution in [1.82, 2.24) is 14.9 Å². The summed E-state index contributed by atoms with van der Waals surface area (Å²) in [7, 11) is 0. The first kappa shape index (κ1) is 11.8.